The molecule has 0 atom stereocenters. The summed E-state index contributed by atoms with van der Waals surface area (Å²) >= 11 is 1.22. The number of piperazine rings is 1. The van der Waals surface area contributed by atoms with E-state index in [1.165, 1.54) is 36.9 Å². The van der Waals surface area contributed by atoms with Gasteiger partial charge in [0.2, 0.25) is 5.91 Å². The van der Waals surface area contributed by atoms with Crippen molar-refractivity contribution in [3.8, 4) is 11.3 Å². The molecule has 0 radical (unpaired) electrons. The third-order valence-electron chi connectivity index (χ3n) is 4.98. The molecule has 0 spiro atoms. The third kappa shape index (κ3) is 4.68. The van der Waals surface area contributed by atoms with Gasteiger partial charge in [-0.2, -0.15) is 18.2 Å². The highest BCUT2D eigenvalue weighted by Crippen LogP contribution is 2.34. The van der Waals surface area contributed by atoms with Crippen molar-refractivity contribution in [2.75, 3.05) is 26.2 Å². The van der Waals surface area contributed by atoms with Gasteiger partial charge in [-0.25, -0.2) is 0 Å². The van der Waals surface area contributed by atoms with E-state index in [2.05, 4.69) is 4.99 Å². The summed E-state index contributed by atoms with van der Waals surface area (Å²) in [6, 6.07) is 8.03. The number of hydrogen-bond acceptors (Lipinski definition) is 5. The summed E-state index contributed by atoms with van der Waals surface area (Å²) in [5.74, 6) is 0.244. The van der Waals surface area contributed by atoms with E-state index in [0.29, 0.717) is 47.6 Å². The molecular weight excluding hydrogens is 431 g/mol. The topological polar surface area (TPSA) is 66.1 Å². The van der Waals surface area contributed by atoms with Gasteiger partial charge in [0.1, 0.15) is 11.5 Å². The Hall–Kier alpha value is -3.01. The summed E-state index contributed by atoms with van der Waals surface area (Å²) in [4.78, 5) is 31.9. The Labute approximate surface area is 180 Å². The molecule has 2 aliphatic rings. The van der Waals surface area contributed by atoms with E-state index in [9.17, 15) is 22.8 Å². The van der Waals surface area contributed by atoms with Gasteiger partial charge in [-0.1, -0.05) is 12.1 Å². The standard InChI is InChI=1S/C21H18F3N3O3S/c1-13(28)26-7-9-27(10-8-26)20-25-19(29)18(31-20)12-16-5-6-17(30-16)14-3-2-4-15(11-14)21(22,23)24/h2-6,11-12H,7-10H2,1H3/b18-12+. The summed E-state index contributed by atoms with van der Waals surface area (Å²) in [7, 11) is 0. The SMILES string of the molecule is CC(=O)N1CCN(C2=NC(=O)/C(=C\c3ccc(-c4cccc(C(F)(F)F)c4)o3)S2)CC1. The fraction of sp³-hybridized carbons (Fsp3) is 0.286. The maximum absolute atomic E-state index is 12.9. The minimum atomic E-state index is -4.44. The second-order valence-electron chi connectivity index (χ2n) is 7.08. The van der Waals surface area contributed by atoms with E-state index < -0.39 is 17.6 Å². The van der Waals surface area contributed by atoms with E-state index in [1.54, 1.807) is 17.0 Å². The van der Waals surface area contributed by atoms with Gasteiger partial charge in [0, 0.05) is 44.7 Å². The number of benzene rings is 1. The van der Waals surface area contributed by atoms with Crippen LogP contribution in [0.3, 0.4) is 0 Å². The Morgan fingerprint density at radius 1 is 1.16 bits per heavy atom. The Kier molecular flexibility index (Phi) is 5.65. The summed E-state index contributed by atoms with van der Waals surface area (Å²) in [5.41, 5.74) is -0.462. The van der Waals surface area contributed by atoms with Crippen LogP contribution in [0.15, 0.2) is 50.7 Å². The lowest BCUT2D eigenvalue weighted by molar-refractivity contribution is -0.137. The molecule has 162 valence electrons. The Balaban J connectivity index is 1.46. The number of aliphatic imine (C=N–C) groups is 1. The molecule has 0 N–H and O–H groups in total. The van der Waals surface area contributed by atoms with E-state index in [4.69, 9.17) is 4.42 Å². The molecule has 0 saturated carbocycles. The number of rotatable bonds is 2. The number of amidine groups is 1. The average Bonchev–Trinajstić information content (AvgIpc) is 3.35. The first-order chi connectivity index (χ1) is 14.7. The predicted molar refractivity (Wildman–Crippen MR) is 111 cm³/mol. The van der Waals surface area contributed by atoms with E-state index in [1.807, 2.05) is 4.90 Å². The van der Waals surface area contributed by atoms with E-state index in [0.717, 1.165) is 12.1 Å². The molecular formula is C21H18F3N3O3S. The van der Waals surface area contributed by atoms with Crippen molar-refractivity contribution in [1.82, 2.24) is 9.80 Å². The van der Waals surface area contributed by atoms with Gasteiger partial charge in [0.05, 0.1) is 10.5 Å². The molecule has 2 aromatic rings. The fourth-order valence-electron chi connectivity index (χ4n) is 3.31. The van der Waals surface area contributed by atoms with Crippen molar-refractivity contribution < 1.29 is 27.2 Å². The Morgan fingerprint density at radius 3 is 2.58 bits per heavy atom. The largest absolute Gasteiger partial charge is 0.457 e. The molecule has 1 fully saturated rings. The third-order valence-corrected chi connectivity index (χ3v) is 6.02. The molecule has 1 aromatic carbocycles. The highest BCUT2D eigenvalue weighted by atomic mass is 32.2. The molecule has 1 aromatic heterocycles. The number of carbonyl (C=O) groups excluding carboxylic acids is 2. The summed E-state index contributed by atoms with van der Waals surface area (Å²) < 4.78 is 44.5. The maximum atomic E-state index is 12.9. The average molecular weight is 449 g/mol. The molecule has 1 saturated heterocycles. The van der Waals surface area contributed by atoms with Gasteiger partial charge in [-0.3, -0.25) is 9.59 Å². The first kappa shape index (κ1) is 21.2. The minimum absolute atomic E-state index is 0.0201. The van der Waals surface area contributed by atoms with E-state index >= 15 is 0 Å². The molecule has 0 aliphatic carbocycles. The maximum Gasteiger partial charge on any atom is 0.416 e. The van der Waals surface area contributed by atoms with Crippen molar-refractivity contribution in [2.45, 2.75) is 13.1 Å². The Bertz CT molecular complexity index is 1080. The lowest BCUT2D eigenvalue weighted by Gasteiger charge is -2.34. The molecule has 6 nitrogen and oxygen atoms in total. The highest BCUT2D eigenvalue weighted by molar-refractivity contribution is 8.18. The van der Waals surface area contributed by atoms with Crippen LogP contribution in [0.2, 0.25) is 0 Å². The van der Waals surface area contributed by atoms with E-state index in [-0.39, 0.29) is 11.7 Å². The molecule has 2 amide bonds. The van der Waals surface area contributed by atoms with Gasteiger partial charge in [0.25, 0.3) is 5.91 Å². The summed E-state index contributed by atoms with van der Waals surface area (Å²) in [5, 5.41) is 0.573. The number of furan rings is 1. The first-order valence-corrected chi connectivity index (χ1v) is 10.3. The molecule has 0 unspecified atom stereocenters. The zero-order valence-corrected chi connectivity index (χ0v) is 17.3. The second-order valence-corrected chi connectivity index (χ2v) is 8.09. The highest BCUT2D eigenvalue weighted by Gasteiger charge is 2.31. The van der Waals surface area contributed by atoms with Gasteiger partial charge in [-0.05, 0) is 36.0 Å². The van der Waals surface area contributed by atoms with Crippen LogP contribution in [0, 0.1) is 0 Å². The van der Waals surface area contributed by atoms with Crippen molar-refractivity contribution in [3.63, 3.8) is 0 Å². The monoisotopic (exact) mass is 449 g/mol. The number of halogens is 3. The van der Waals surface area contributed by atoms with Gasteiger partial charge >= 0.3 is 6.18 Å². The van der Waals surface area contributed by atoms with Crippen LogP contribution in [0.5, 0.6) is 0 Å². The molecule has 10 heteroatoms. The van der Waals surface area contributed by atoms with Crippen LogP contribution in [0.25, 0.3) is 17.4 Å². The summed E-state index contributed by atoms with van der Waals surface area (Å²) in [6.07, 6.45) is -2.91. The van der Waals surface area contributed by atoms with Gasteiger partial charge in [0.15, 0.2) is 5.17 Å². The molecule has 31 heavy (non-hydrogen) atoms. The molecule has 0 bridgehead atoms. The van der Waals surface area contributed by atoms with Crippen molar-refractivity contribution in [1.29, 1.82) is 0 Å². The fourth-order valence-corrected chi connectivity index (χ4v) is 4.25. The lowest BCUT2D eigenvalue weighted by Crippen LogP contribution is -2.49. The number of hydrogen-bond donors (Lipinski definition) is 0. The lowest BCUT2D eigenvalue weighted by atomic mass is 10.1. The van der Waals surface area contributed by atoms with Gasteiger partial charge in [-0.15, -0.1) is 0 Å². The molecule has 4 rings (SSSR count). The predicted octanol–water partition coefficient (Wildman–Crippen LogP) is 4.10. The number of thioether (sulfide) groups is 1. The number of alkyl halides is 3. The van der Waals surface area contributed by atoms with Crippen molar-refractivity contribution in [2.24, 2.45) is 4.99 Å². The van der Waals surface area contributed by atoms with Crippen molar-refractivity contribution >= 4 is 34.8 Å². The Morgan fingerprint density at radius 2 is 1.90 bits per heavy atom. The number of amides is 2. The first-order valence-electron chi connectivity index (χ1n) is 9.51. The number of carbonyl (C=O) groups is 2. The second kappa shape index (κ2) is 8.26. The van der Waals surface area contributed by atoms with Crippen molar-refractivity contribution in [3.05, 3.63) is 52.6 Å². The quantitative estimate of drug-likeness (QED) is 0.646. The molecule has 2 aliphatic heterocycles. The van der Waals surface area contributed by atoms with Crippen LogP contribution < -0.4 is 0 Å². The minimum Gasteiger partial charge on any atom is -0.457 e. The van der Waals surface area contributed by atoms with Crippen LogP contribution in [-0.2, 0) is 15.8 Å². The molecule has 3 heterocycles. The number of nitrogens with zero attached hydrogens (tertiary/aromatic N) is 3. The normalized spacial score (nSPS) is 18.6. The van der Waals surface area contributed by atoms with Crippen LogP contribution in [0.1, 0.15) is 18.2 Å². The van der Waals surface area contributed by atoms with Crippen LogP contribution >= 0.6 is 11.8 Å². The van der Waals surface area contributed by atoms with Crippen LogP contribution in [-0.4, -0.2) is 53.0 Å². The zero-order chi connectivity index (χ0) is 22.2. The van der Waals surface area contributed by atoms with Crippen LogP contribution in [0.4, 0.5) is 13.2 Å². The zero-order valence-electron chi connectivity index (χ0n) is 16.5. The smallest absolute Gasteiger partial charge is 0.416 e. The van der Waals surface area contributed by atoms with Gasteiger partial charge < -0.3 is 14.2 Å². The summed E-state index contributed by atoms with van der Waals surface area (Å²) in [6.45, 7) is 3.85.